The molecule has 2 fully saturated rings. The molecule has 0 aromatic heterocycles. The Kier molecular flexibility index (Phi) is 3.47. The SMILES string of the molecule is CC(C)(C)OC(=O)N1CC2(CC(CC(=O)O)CO2)C1. The normalized spacial score (nSPS) is 25.2. The molecule has 108 valence electrons. The number of nitrogens with zero attached hydrogens (tertiary/aromatic N) is 1. The van der Waals surface area contributed by atoms with E-state index in [2.05, 4.69) is 0 Å². The van der Waals surface area contributed by atoms with Crippen molar-refractivity contribution in [2.75, 3.05) is 19.7 Å². The first-order valence-electron chi connectivity index (χ1n) is 6.53. The summed E-state index contributed by atoms with van der Waals surface area (Å²) in [6.07, 6.45) is 0.510. The van der Waals surface area contributed by atoms with E-state index >= 15 is 0 Å². The summed E-state index contributed by atoms with van der Waals surface area (Å²) in [6, 6.07) is 0. The Hall–Kier alpha value is -1.30. The number of carboxylic acid groups (broad SMARTS) is 1. The summed E-state index contributed by atoms with van der Waals surface area (Å²) >= 11 is 0. The summed E-state index contributed by atoms with van der Waals surface area (Å²) in [4.78, 5) is 24.1. The number of hydrogen-bond donors (Lipinski definition) is 1. The second-order valence-corrected chi connectivity index (χ2v) is 6.50. The largest absolute Gasteiger partial charge is 0.481 e. The van der Waals surface area contributed by atoms with Crippen LogP contribution in [0.2, 0.25) is 0 Å². The molecule has 2 aliphatic rings. The fraction of sp³-hybridized carbons (Fsp3) is 0.846. The molecule has 2 rings (SSSR count). The van der Waals surface area contributed by atoms with Crippen LogP contribution in [0.15, 0.2) is 0 Å². The minimum atomic E-state index is -0.797. The summed E-state index contributed by atoms with van der Waals surface area (Å²) in [5.41, 5.74) is -0.834. The van der Waals surface area contributed by atoms with Gasteiger partial charge in [0.2, 0.25) is 0 Å². The molecule has 6 heteroatoms. The van der Waals surface area contributed by atoms with Gasteiger partial charge in [-0.15, -0.1) is 0 Å². The first kappa shape index (κ1) is 14.1. The van der Waals surface area contributed by atoms with Crippen molar-refractivity contribution in [2.45, 2.75) is 44.8 Å². The number of hydrogen-bond acceptors (Lipinski definition) is 4. The highest BCUT2D eigenvalue weighted by molar-refractivity contribution is 5.70. The maximum Gasteiger partial charge on any atom is 0.410 e. The second-order valence-electron chi connectivity index (χ2n) is 6.50. The van der Waals surface area contributed by atoms with Crippen LogP contribution in [0.25, 0.3) is 0 Å². The van der Waals surface area contributed by atoms with Gasteiger partial charge < -0.3 is 19.5 Å². The molecule has 0 aromatic rings. The molecule has 0 radical (unpaired) electrons. The van der Waals surface area contributed by atoms with Gasteiger partial charge in [0.05, 0.1) is 26.1 Å². The molecular formula is C13H21NO5. The highest BCUT2D eigenvalue weighted by Crippen LogP contribution is 2.39. The molecule has 1 N–H and O–H groups in total. The van der Waals surface area contributed by atoms with E-state index in [4.69, 9.17) is 14.6 Å². The number of ether oxygens (including phenoxy) is 2. The minimum Gasteiger partial charge on any atom is -0.481 e. The predicted molar refractivity (Wildman–Crippen MR) is 66.8 cm³/mol. The lowest BCUT2D eigenvalue weighted by atomic mass is 9.86. The molecular weight excluding hydrogens is 250 g/mol. The van der Waals surface area contributed by atoms with E-state index in [0.717, 1.165) is 0 Å². The van der Waals surface area contributed by atoms with Crippen molar-refractivity contribution in [3.8, 4) is 0 Å². The average molecular weight is 271 g/mol. The van der Waals surface area contributed by atoms with Crippen LogP contribution >= 0.6 is 0 Å². The Morgan fingerprint density at radius 1 is 1.42 bits per heavy atom. The van der Waals surface area contributed by atoms with Crippen LogP contribution in [0, 0.1) is 5.92 Å². The second kappa shape index (κ2) is 4.67. The van der Waals surface area contributed by atoms with Crippen LogP contribution in [0.1, 0.15) is 33.6 Å². The highest BCUT2D eigenvalue weighted by Gasteiger charge is 2.52. The summed E-state index contributed by atoms with van der Waals surface area (Å²) in [5, 5.41) is 8.76. The van der Waals surface area contributed by atoms with Gasteiger partial charge in [-0.1, -0.05) is 0 Å². The van der Waals surface area contributed by atoms with E-state index < -0.39 is 11.6 Å². The molecule has 2 saturated heterocycles. The molecule has 0 saturated carbocycles. The number of carbonyl (C=O) groups excluding carboxylic acids is 1. The molecule has 1 spiro atoms. The van der Waals surface area contributed by atoms with Crippen molar-refractivity contribution < 1.29 is 24.2 Å². The van der Waals surface area contributed by atoms with E-state index in [1.165, 1.54) is 0 Å². The maximum absolute atomic E-state index is 11.8. The van der Waals surface area contributed by atoms with E-state index in [1.807, 2.05) is 20.8 Å². The Morgan fingerprint density at radius 3 is 2.58 bits per heavy atom. The van der Waals surface area contributed by atoms with Crippen LogP contribution < -0.4 is 0 Å². The first-order chi connectivity index (χ1) is 8.69. The van der Waals surface area contributed by atoms with Crippen molar-refractivity contribution in [2.24, 2.45) is 5.92 Å². The zero-order valence-electron chi connectivity index (χ0n) is 11.6. The molecule has 2 heterocycles. The van der Waals surface area contributed by atoms with Gasteiger partial charge in [0.25, 0.3) is 0 Å². The zero-order valence-corrected chi connectivity index (χ0v) is 11.6. The number of likely N-dealkylation sites (tertiary alicyclic amines) is 1. The minimum absolute atomic E-state index is 0.0540. The van der Waals surface area contributed by atoms with Gasteiger partial charge in [0.1, 0.15) is 11.2 Å². The Labute approximate surface area is 112 Å². The van der Waals surface area contributed by atoms with Crippen molar-refractivity contribution in [1.29, 1.82) is 0 Å². The number of carboxylic acids is 1. The maximum atomic E-state index is 11.8. The summed E-state index contributed by atoms with van der Waals surface area (Å²) in [7, 11) is 0. The molecule has 1 amide bonds. The summed E-state index contributed by atoms with van der Waals surface area (Å²) < 4.78 is 11.0. The third-order valence-electron chi connectivity index (χ3n) is 3.36. The van der Waals surface area contributed by atoms with Crippen molar-refractivity contribution >= 4 is 12.1 Å². The Morgan fingerprint density at radius 2 is 2.05 bits per heavy atom. The fourth-order valence-electron chi connectivity index (χ4n) is 2.64. The number of carbonyl (C=O) groups is 2. The van der Waals surface area contributed by atoms with Crippen LogP contribution in [0.3, 0.4) is 0 Å². The zero-order chi connectivity index (χ0) is 14.3. The van der Waals surface area contributed by atoms with Crippen molar-refractivity contribution in [3.63, 3.8) is 0 Å². The Balaban J connectivity index is 1.80. The molecule has 0 aromatic carbocycles. The highest BCUT2D eigenvalue weighted by atomic mass is 16.6. The van der Waals surface area contributed by atoms with E-state index in [1.54, 1.807) is 4.90 Å². The quantitative estimate of drug-likeness (QED) is 0.823. The molecule has 0 aliphatic carbocycles. The van der Waals surface area contributed by atoms with E-state index in [-0.39, 0.29) is 24.0 Å². The van der Waals surface area contributed by atoms with Gasteiger partial charge in [-0.3, -0.25) is 4.79 Å². The average Bonchev–Trinajstić information content (AvgIpc) is 2.55. The van der Waals surface area contributed by atoms with Gasteiger partial charge in [0, 0.05) is 0 Å². The molecule has 1 unspecified atom stereocenters. The molecule has 0 bridgehead atoms. The van der Waals surface area contributed by atoms with Gasteiger partial charge in [-0.25, -0.2) is 4.79 Å². The summed E-state index contributed by atoms with van der Waals surface area (Å²) in [5.74, 6) is -0.743. The van der Waals surface area contributed by atoms with Crippen LogP contribution in [-0.2, 0) is 14.3 Å². The lowest BCUT2D eigenvalue weighted by Crippen LogP contribution is -2.63. The molecule has 2 aliphatic heterocycles. The molecule has 6 nitrogen and oxygen atoms in total. The number of aliphatic carboxylic acids is 1. The first-order valence-corrected chi connectivity index (χ1v) is 6.53. The lowest BCUT2D eigenvalue weighted by molar-refractivity contribution is -0.138. The van der Waals surface area contributed by atoms with Crippen LogP contribution in [-0.4, -0.2) is 53.0 Å². The fourth-order valence-corrected chi connectivity index (χ4v) is 2.64. The van der Waals surface area contributed by atoms with Gasteiger partial charge in [-0.2, -0.15) is 0 Å². The van der Waals surface area contributed by atoms with Gasteiger partial charge in [0.15, 0.2) is 0 Å². The summed E-state index contributed by atoms with van der Waals surface area (Å²) in [6.45, 7) is 6.95. The molecule has 1 atom stereocenters. The molecule has 19 heavy (non-hydrogen) atoms. The number of rotatable bonds is 2. The van der Waals surface area contributed by atoms with E-state index in [9.17, 15) is 9.59 Å². The van der Waals surface area contributed by atoms with Gasteiger partial charge >= 0.3 is 12.1 Å². The Bertz CT molecular complexity index is 381. The standard InChI is InChI=1S/C13H21NO5/c1-12(2,3)19-11(17)14-7-13(8-14)5-9(6-18-13)4-10(15)16/h9H,4-8H2,1-3H3,(H,15,16). The smallest absolute Gasteiger partial charge is 0.410 e. The third kappa shape index (κ3) is 3.37. The third-order valence-corrected chi connectivity index (χ3v) is 3.36. The van der Waals surface area contributed by atoms with Crippen LogP contribution in [0.4, 0.5) is 4.79 Å². The van der Waals surface area contributed by atoms with E-state index in [0.29, 0.717) is 26.1 Å². The lowest BCUT2D eigenvalue weighted by Gasteiger charge is -2.47. The predicted octanol–water partition coefficient (Wildman–Crippen LogP) is 1.49. The van der Waals surface area contributed by atoms with Crippen LogP contribution in [0.5, 0.6) is 0 Å². The van der Waals surface area contributed by atoms with Crippen molar-refractivity contribution in [1.82, 2.24) is 4.90 Å². The van der Waals surface area contributed by atoms with Crippen molar-refractivity contribution in [3.05, 3.63) is 0 Å². The number of amides is 1. The van der Waals surface area contributed by atoms with Gasteiger partial charge in [-0.05, 0) is 33.1 Å². The topological polar surface area (TPSA) is 76.1 Å². The monoisotopic (exact) mass is 271 g/mol.